The first-order chi connectivity index (χ1) is 16.7. The molecule has 0 bridgehead atoms. The van der Waals surface area contributed by atoms with E-state index in [2.05, 4.69) is 19.9 Å². The van der Waals surface area contributed by atoms with Gasteiger partial charge in [-0.3, -0.25) is 24.1 Å². The number of H-pyrrole nitrogens is 2. The molecule has 0 aliphatic carbocycles. The summed E-state index contributed by atoms with van der Waals surface area (Å²) in [7, 11) is -3.67. The minimum atomic E-state index is -3.67. The summed E-state index contributed by atoms with van der Waals surface area (Å²) in [6, 6.07) is 16.5. The topological polar surface area (TPSA) is 155 Å². The zero-order chi connectivity index (χ0) is 25.3. The number of hydrogen-bond acceptors (Lipinski definition) is 7. The van der Waals surface area contributed by atoms with Crippen LogP contribution in [0.1, 0.15) is 16.8 Å². The third kappa shape index (κ3) is 8.84. The molecule has 0 saturated carbocycles. The summed E-state index contributed by atoms with van der Waals surface area (Å²) in [5, 5.41) is 0.319. The Labute approximate surface area is 200 Å². The van der Waals surface area contributed by atoms with Gasteiger partial charge >= 0.3 is 0 Å². The van der Waals surface area contributed by atoms with E-state index in [1.807, 2.05) is 42.5 Å². The van der Waals surface area contributed by atoms with Crippen molar-refractivity contribution in [3.63, 3.8) is 0 Å². The van der Waals surface area contributed by atoms with Crippen molar-refractivity contribution < 1.29 is 17.7 Å². The molecule has 0 atom stereocenters. The molecule has 10 nitrogen and oxygen atoms in total. The van der Waals surface area contributed by atoms with Crippen LogP contribution in [0.3, 0.4) is 0 Å². The molecule has 0 unspecified atom stereocenters. The number of benzene rings is 1. The number of aromatic nitrogens is 4. The van der Waals surface area contributed by atoms with E-state index in [0.29, 0.717) is 24.3 Å². The summed E-state index contributed by atoms with van der Waals surface area (Å²) in [5.41, 5.74) is 1.54. The lowest BCUT2D eigenvalue weighted by Gasteiger charge is -2.05. The molecule has 3 N–H and O–H groups in total. The van der Waals surface area contributed by atoms with E-state index in [4.69, 9.17) is 9.29 Å². The van der Waals surface area contributed by atoms with Crippen LogP contribution in [0.5, 0.6) is 5.75 Å². The summed E-state index contributed by atoms with van der Waals surface area (Å²) in [6.45, 7) is 0.402. The fourth-order valence-corrected chi connectivity index (χ4v) is 2.77. The summed E-state index contributed by atoms with van der Waals surface area (Å²) in [4.78, 5) is 38.2. The zero-order valence-electron chi connectivity index (χ0n) is 18.6. The maximum absolute atomic E-state index is 12.4. The third-order valence-corrected chi connectivity index (χ3v) is 4.30. The van der Waals surface area contributed by atoms with E-state index >= 15 is 0 Å². The van der Waals surface area contributed by atoms with Gasteiger partial charge in [0.25, 0.3) is 21.2 Å². The smallest absolute Gasteiger partial charge is 0.272 e. The molecule has 0 spiro atoms. The number of aromatic amines is 2. The van der Waals surface area contributed by atoms with Crippen LogP contribution in [0.4, 0.5) is 0 Å². The Morgan fingerprint density at radius 1 is 0.914 bits per heavy atom. The molecule has 4 aromatic rings. The molecule has 0 saturated heterocycles. The average Bonchev–Trinajstić information content (AvgIpc) is 2.82. The van der Waals surface area contributed by atoms with Crippen molar-refractivity contribution in [1.82, 2.24) is 19.9 Å². The summed E-state index contributed by atoms with van der Waals surface area (Å²) in [6.07, 6.45) is 8.83. The molecule has 4 rings (SSSR count). The Hall–Kier alpha value is -4.35. The lowest BCUT2D eigenvalue weighted by atomic mass is 10.2. The molecule has 0 aliphatic heterocycles. The van der Waals surface area contributed by atoms with Gasteiger partial charge in [0.2, 0.25) is 0 Å². The Balaban J connectivity index is 0.000000623. The van der Waals surface area contributed by atoms with E-state index in [1.165, 1.54) is 6.08 Å². The van der Waals surface area contributed by atoms with Crippen molar-refractivity contribution in [2.24, 2.45) is 0 Å². The molecule has 180 valence electrons. The first-order valence-corrected chi connectivity index (χ1v) is 12.0. The molecule has 11 heteroatoms. The first-order valence-electron chi connectivity index (χ1n) is 10.2. The van der Waals surface area contributed by atoms with Gasteiger partial charge in [-0.25, -0.2) is 0 Å². The third-order valence-electron chi connectivity index (χ3n) is 4.30. The standard InChI is InChI=1S/C23H18N4O3.CH4O3S/c28-22-20(12-16-4-2-1-3-5-16)26-23(29)21(27-22)13-18-6-7-19(14-25-18)30-15-17-8-10-24-11-9-17;1-5(2,3)4/h1-14H,15H2,(H,26,29)(H,27,28);1H3,(H,2,3,4). The van der Waals surface area contributed by atoms with Gasteiger partial charge < -0.3 is 14.7 Å². The predicted octanol–water partition coefficient (Wildman–Crippen LogP) is 0.594. The first kappa shape index (κ1) is 25.3. The van der Waals surface area contributed by atoms with Gasteiger partial charge in [0.05, 0.1) is 18.1 Å². The van der Waals surface area contributed by atoms with Crippen molar-refractivity contribution in [2.45, 2.75) is 6.61 Å². The molecule has 0 amide bonds. The van der Waals surface area contributed by atoms with Gasteiger partial charge in [-0.1, -0.05) is 30.3 Å². The molecule has 0 radical (unpaired) electrons. The second-order valence-corrected chi connectivity index (χ2v) is 8.70. The van der Waals surface area contributed by atoms with E-state index in [1.54, 1.807) is 36.8 Å². The van der Waals surface area contributed by atoms with Gasteiger partial charge in [0.15, 0.2) is 0 Å². The average molecular weight is 495 g/mol. The second kappa shape index (κ2) is 11.7. The highest BCUT2D eigenvalue weighted by atomic mass is 32.2. The molecule has 0 aliphatic rings. The summed E-state index contributed by atoms with van der Waals surface area (Å²) in [5.74, 6) is 0.596. The molecule has 3 aromatic heterocycles. The van der Waals surface area contributed by atoms with Crippen LogP contribution in [0.15, 0.2) is 82.8 Å². The Bertz CT molecular complexity index is 1590. The van der Waals surface area contributed by atoms with E-state index in [0.717, 1.165) is 11.1 Å². The van der Waals surface area contributed by atoms with Gasteiger partial charge in [-0.15, -0.1) is 0 Å². The number of nitrogens with zero attached hydrogens (tertiary/aromatic N) is 2. The Morgan fingerprint density at radius 2 is 1.51 bits per heavy atom. The fourth-order valence-electron chi connectivity index (χ4n) is 2.77. The quantitative estimate of drug-likeness (QED) is 0.341. The largest absolute Gasteiger partial charge is 0.487 e. The van der Waals surface area contributed by atoms with Crippen molar-refractivity contribution in [3.8, 4) is 5.75 Å². The van der Waals surface area contributed by atoms with Gasteiger partial charge in [-0.2, -0.15) is 8.42 Å². The zero-order valence-corrected chi connectivity index (χ0v) is 19.4. The van der Waals surface area contributed by atoms with Crippen LogP contribution in [0.2, 0.25) is 0 Å². The molecule has 1 aromatic carbocycles. The minimum absolute atomic E-state index is 0.128. The monoisotopic (exact) mass is 494 g/mol. The summed E-state index contributed by atoms with van der Waals surface area (Å²) >= 11 is 0. The Kier molecular flexibility index (Phi) is 8.43. The van der Waals surface area contributed by atoms with Gasteiger partial charge in [0.1, 0.15) is 23.1 Å². The van der Waals surface area contributed by atoms with Crippen molar-refractivity contribution in [3.05, 3.63) is 121 Å². The predicted molar refractivity (Wildman–Crippen MR) is 131 cm³/mol. The van der Waals surface area contributed by atoms with Crippen LogP contribution in [-0.2, 0) is 16.7 Å². The number of nitrogens with one attached hydrogen (secondary N) is 2. The number of ether oxygens (including phenoxy) is 1. The highest BCUT2D eigenvalue weighted by molar-refractivity contribution is 7.85. The number of hydrogen-bond donors (Lipinski definition) is 3. The van der Waals surface area contributed by atoms with E-state index in [-0.39, 0.29) is 16.3 Å². The van der Waals surface area contributed by atoms with Crippen molar-refractivity contribution >= 4 is 22.3 Å². The molecule has 3 heterocycles. The van der Waals surface area contributed by atoms with Crippen molar-refractivity contribution in [2.75, 3.05) is 6.26 Å². The molecular formula is C24H22N4O6S. The van der Waals surface area contributed by atoms with Gasteiger partial charge in [-0.05, 0) is 47.5 Å². The van der Waals surface area contributed by atoms with Crippen LogP contribution < -0.4 is 26.6 Å². The highest BCUT2D eigenvalue weighted by Crippen LogP contribution is 2.11. The lowest BCUT2D eigenvalue weighted by Crippen LogP contribution is -2.46. The maximum atomic E-state index is 12.4. The molecular weight excluding hydrogens is 472 g/mol. The van der Waals surface area contributed by atoms with Crippen molar-refractivity contribution in [1.29, 1.82) is 0 Å². The SMILES string of the molecule is CS(=O)(=O)O.O=c1[nH]c(=Cc2ccc(OCc3ccncc3)cn2)c(=O)[nH]c1=Cc1ccccc1. The van der Waals surface area contributed by atoms with E-state index < -0.39 is 15.7 Å². The molecule has 0 fully saturated rings. The maximum Gasteiger partial charge on any atom is 0.272 e. The Morgan fingerprint density at radius 3 is 2.09 bits per heavy atom. The lowest BCUT2D eigenvalue weighted by molar-refractivity contribution is 0.305. The van der Waals surface area contributed by atoms with Crippen LogP contribution >= 0.6 is 0 Å². The van der Waals surface area contributed by atoms with Crippen LogP contribution in [0.25, 0.3) is 12.2 Å². The van der Waals surface area contributed by atoms with Gasteiger partial charge in [0, 0.05) is 12.4 Å². The fraction of sp³-hybridized carbons (Fsp3) is 0.0833. The normalized spacial score (nSPS) is 12.1. The number of rotatable bonds is 5. The van der Waals surface area contributed by atoms with E-state index in [9.17, 15) is 18.0 Å². The minimum Gasteiger partial charge on any atom is -0.487 e. The van der Waals surface area contributed by atoms with Crippen LogP contribution in [0, 0.1) is 0 Å². The highest BCUT2D eigenvalue weighted by Gasteiger charge is 2.00. The second-order valence-electron chi connectivity index (χ2n) is 7.23. The van der Waals surface area contributed by atoms with Crippen LogP contribution in [-0.4, -0.2) is 39.2 Å². The molecule has 35 heavy (non-hydrogen) atoms. The summed E-state index contributed by atoms with van der Waals surface area (Å²) < 4.78 is 31.5. The number of pyridine rings is 2.